The van der Waals surface area contributed by atoms with E-state index in [1.165, 1.54) is 0 Å². The van der Waals surface area contributed by atoms with Gasteiger partial charge in [-0.3, -0.25) is 0 Å². The van der Waals surface area contributed by atoms with E-state index in [9.17, 15) is 4.79 Å². The maximum absolute atomic E-state index is 12.3. The standard InChI is InChI=1S/C19H17NO3S/c1-2-22-13-9-7-12(8-10-13)18-17-15(11-23-19(17)21)20-14-5-3-4-6-16(14)24-18/h3-10,18,20H,2,11H2,1H3/t18-/m0/s1. The van der Waals surface area contributed by atoms with Gasteiger partial charge in [0.1, 0.15) is 12.4 Å². The van der Waals surface area contributed by atoms with Crippen LogP contribution in [-0.4, -0.2) is 19.2 Å². The summed E-state index contributed by atoms with van der Waals surface area (Å²) in [5.41, 5.74) is 3.65. The fourth-order valence-electron chi connectivity index (χ4n) is 2.95. The molecule has 0 saturated carbocycles. The molecule has 0 aliphatic carbocycles. The van der Waals surface area contributed by atoms with Gasteiger partial charge in [-0.2, -0.15) is 0 Å². The van der Waals surface area contributed by atoms with Crippen LogP contribution in [0.2, 0.25) is 0 Å². The lowest BCUT2D eigenvalue weighted by atomic mass is 10.0. The molecule has 0 radical (unpaired) electrons. The number of benzene rings is 2. The van der Waals surface area contributed by atoms with E-state index in [-0.39, 0.29) is 11.2 Å². The number of anilines is 1. The topological polar surface area (TPSA) is 47.6 Å². The number of para-hydroxylation sites is 1. The highest BCUT2D eigenvalue weighted by Crippen LogP contribution is 2.48. The Labute approximate surface area is 144 Å². The van der Waals surface area contributed by atoms with Crippen molar-refractivity contribution in [2.75, 3.05) is 18.5 Å². The first-order valence-corrected chi connectivity index (χ1v) is 8.80. The molecule has 0 aromatic heterocycles. The Balaban J connectivity index is 1.76. The molecule has 0 spiro atoms. The molecule has 2 aromatic carbocycles. The Morgan fingerprint density at radius 1 is 1.21 bits per heavy atom. The normalized spacial score (nSPS) is 19.0. The van der Waals surface area contributed by atoms with E-state index in [1.807, 2.05) is 49.4 Å². The van der Waals surface area contributed by atoms with Crippen molar-refractivity contribution in [2.45, 2.75) is 17.1 Å². The Hall–Kier alpha value is -2.40. The molecule has 0 saturated heterocycles. The zero-order chi connectivity index (χ0) is 16.5. The average Bonchev–Trinajstić information content (AvgIpc) is 2.87. The first-order valence-electron chi connectivity index (χ1n) is 7.92. The number of esters is 1. The van der Waals surface area contributed by atoms with Gasteiger partial charge in [0.25, 0.3) is 0 Å². The second kappa shape index (κ2) is 6.24. The molecule has 5 heteroatoms. The van der Waals surface area contributed by atoms with Crippen molar-refractivity contribution < 1.29 is 14.3 Å². The highest BCUT2D eigenvalue weighted by molar-refractivity contribution is 8.00. The Kier molecular flexibility index (Phi) is 3.94. The third-order valence-corrected chi connectivity index (χ3v) is 5.42. The van der Waals surface area contributed by atoms with Crippen LogP contribution in [0.4, 0.5) is 5.69 Å². The van der Waals surface area contributed by atoms with Crippen LogP contribution in [0, 0.1) is 0 Å². The number of carbonyl (C=O) groups excluding carboxylic acids is 1. The molecule has 2 aromatic rings. The highest BCUT2D eigenvalue weighted by atomic mass is 32.2. The molecular weight excluding hydrogens is 322 g/mol. The van der Waals surface area contributed by atoms with Gasteiger partial charge in [-0.25, -0.2) is 4.79 Å². The Morgan fingerprint density at radius 2 is 2.00 bits per heavy atom. The van der Waals surface area contributed by atoms with Crippen molar-refractivity contribution in [3.05, 3.63) is 65.4 Å². The van der Waals surface area contributed by atoms with Crippen LogP contribution < -0.4 is 10.1 Å². The van der Waals surface area contributed by atoms with E-state index in [2.05, 4.69) is 11.4 Å². The van der Waals surface area contributed by atoms with E-state index >= 15 is 0 Å². The number of rotatable bonds is 3. The fraction of sp³-hybridized carbons (Fsp3) is 0.211. The number of nitrogens with one attached hydrogen (secondary N) is 1. The van der Waals surface area contributed by atoms with Crippen LogP contribution in [-0.2, 0) is 9.53 Å². The van der Waals surface area contributed by atoms with Crippen LogP contribution in [0.1, 0.15) is 17.7 Å². The summed E-state index contributed by atoms with van der Waals surface area (Å²) in [6, 6.07) is 16.0. The summed E-state index contributed by atoms with van der Waals surface area (Å²) in [4.78, 5) is 13.4. The molecule has 1 atom stereocenters. The lowest BCUT2D eigenvalue weighted by Gasteiger charge is -2.16. The minimum Gasteiger partial charge on any atom is -0.494 e. The molecule has 4 rings (SSSR count). The number of hydrogen-bond acceptors (Lipinski definition) is 5. The lowest BCUT2D eigenvalue weighted by Crippen LogP contribution is -2.08. The fourth-order valence-corrected chi connectivity index (χ4v) is 4.25. The van der Waals surface area contributed by atoms with Crippen LogP contribution in [0.25, 0.3) is 0 Å². The summed E-state index contributed by atoms with van der Waals surface area (Å²) in [6.07, 6.45) is 0. The monoisotopic (exact) mass is 339 g/mol. The van der Waals surface area contributed by atoms with Gasteiger partial charge in [0, 0.05) is 4.90 Å². The molecule has 2 aliphatic heterocycles. The summed E-state index contributed by atoms with van der Waals surface area (Å²) in [5, 5.41) is 3.28. The molecule has 0 fully saturated rings. The molecule has 2 heterocycles. The lowest BCUT2D eigenvalue weighted by molar-refractivity contribution is -0.136. The molecule has 0 unspecified atom stereocenters. The number of cyclic esters (lactones) is 1. The maximum Gasteiger partial charge on any atom is 0.337 e. The minimum absolute atomic E-state index is 0.0955. The van der Waals surface area contributed by atoms with E-state index in [0.29, 0.717) is 18.8 Å². The SMILES string of the molecule is CCOc1ccc([C@@H]2Sc3ccccc3NC3=C2C(=O)OC3)cc1. The van der Waals surface area contributed by atoms with Gasteiger partial charge in [0.2, 0.25) is 0 Å². The van der Waals surface area contributed by atoms with Crippen LogP contribution in [0.3, 0.4) is 0 Å². The molecule has 0 bridgehead atoms. The molecule has 1 N–H and O–H groups in total. The molecule has 4 nitrogen and oxygen atoms in total. The Bertz CT molecular complexity index is 814. The van der Waals surface area contributed by atoms with Gasteiger partial charge in [-0.1, -0.05) is 24.3 Å². The van der Waals surface area contributed by atoms with Crippen molar-refractivity contribution in [3.63, 3.8) is 0 Å². The van der Waals surface area contributed by atoms with Crippen molar-refractivity contribution >= 4 is 23.4 Å². The second-order valence-electron chi connectivity index (χ2n) is 5.59. The predicted molar refractivity (Wildman–Crippen MR) is 94.3 cm³/mol. The van der Waals surface area contributed by atoms with Crippen LogP contribution in [0.5, 0.6) is 5.75 Å². The molecule has 0 amide bonds. The van der Waals surface area contributed by atoms with Gasteiger partial charge in [0.05, 0.1) is 28.8 Å². The van der Waals surface area contributed by atoms with Gasteiger partial charge >= 0.3 is 5.97 Å². The number of fused-ring (bicyclic) bond motifs is 1. The van der Waals surface area contributed by atoms with E-state index in [1.54, 1.807) is 11.8 Å². The number of carbonyl (C=O) groups is 1. The molecule has 24 heavy (non-hydrogen) atoms. The van der Waals surface area contributed by atoms with Crippen molar-refractivity contribution in [1.29, 1.82) is 0 Å². The summed E-state index contributed by atoms with van der Waals surface area (Å²) in [5.74, 6) is 0.596. The number of thioether (sulfide) groups is 1. The van der Waals surface area contributed by atoms with Gasteiger partial charge < -0.3 is 14.8 Å². The predicted octanol–water partition coefficient (Wildman–Crippen LogP) is 4.16. The van der Waals surface area contributed by atoms with Crippen molar-refractivity contribution in [1.82, 2.24) is 0 Å². The second-order valence-corrected chi connectivity index (χ2v) is 6.74. The Morgan fingerprint density at radius 3 is 2.79 bits per heavy atom. The third kappa shape index (κ3) is 2.65. The maximum atomic E-state index is 12.3. The van der Waals surface area contributed by atoms with E-state index in [4.69, 9.17) is 9.47 Å². The summed E-state index contributed by atoms with van der Waals surface area (Å²) >= 11 is 1.67. The number of ether oxygens (including phenoxy) is 2. The van der Waals surface area contributed by atoms with Crippen molar-refractivity contribution in [3.8, 4) is 5.75 Å². The molecule has 122 valence electrons. The summed E-state index contributed by atoms with van der Waals surface area (Å²) < 4.78 is 10.8. The van der Waals surface area contributed by atoms with Crippen LogP contribution in [0.15, 0.2) is 64.7 Å². The van der Waals surface area contributed by atoms with E-state index < -0.39 is 0 Å². The summed E-state index contributed by atoms with van der Waals surface area (Å²) in [7, 11) is 0. The zero-order valence-electron chi connectivity index (χ0n) is 13.2. The smallest absolute Gasteiger partial charge is 0.337 e. The van der Waals surface area contributed by atoms with Gasteiger partial charge in [-0.05, 0) is 36.8 Å². The molecular formula is C19H17NO3S. The summed E-state index contributed by atoms with van der Waals surface area (Å²) in [6.45, 7) is 2.90. The zero-order valence-corrected chi connectivity index (χ0v) is 14.1. The third-order valence-electron chi connectivity index (χ3n) is 4.07. The molecule has 2 aliphatic rings. The minimum atomic E-state index is -0.239. The quantitative estimate of drug-likeness (QED) is 0.851. The highest BCUT2D eigenvalue weighted by Gasteiger charge is 2.36. The number of hydrogen-bond donors (Lipinski definition) is 1. The van der Waals surface area contributed by atoms with Gasteiger partial charge in [-0.15, -0.1) is 11.8 Å². The average molecular weight is 339 g/mol. The van der Waals surface area contributed by atoms with Crippen molar-refractivity contribution in [2.24, 2.45) is 0 Å². The largest absolute Gasteiger partial charge is 0.494 e. The van der Waals surface area contributed by atoms with Gasteiger partial charge in [0.15, 0.2) is 0 Å². The van der Waals surface area contributed by atoms with Crippen LogP contribution >= 0.6 is 11.8 Å². The first-order chi connectivity index (χ1) is 11.8. The van der Waals surface area contributed by atoms with E-state index in [0.717, 1.165) is 27.6 Å². The first kappa shape index (κ1) is 15.1.